The van der Waals surface area contributed by atoms with E-state index in [2.05, 4.69) is 15.5 Å². The number of hydrogen-bond donors (Lipinski definition) is 3. The first-order valence-electron chi connectivity index (χ1n) is 6.95. The van der Waals surface area contributed by atoms with Crippen LogP contribution < -0.4 is 5.32 Å². The van der Waals surface area contributed by atoms with E-state index in [1.807, 2.05) is 12.1 Å². The number of thioether (sulfide) groups is 1. The maximum Gasteiger partial charge on any atom is 0.255 e. The smallest absolute Gasteiger partial charge is 0.255 e. The fourth-order valence-corrected chi connectivity index (χ4v) is 3.88. The molecule has 0 spiro atoms. The highest BCUT2D eigenvalue weighted by Crippen LogP contribution is 2.27. The number of carbonyl (C=O) groups is 1. The van der Waals surface area contributed by atoms with Gasteiger partial charge in [-0.2, -0.15) is 16.9 Å². The highest BCUT2D eigenvalue weighted by molar-refractivity contribution is 7.99. The average molecular weight is 338 g/mol. The van der Waals surface area contributed by atoms with E-state index in [0.717, 1.165) is 11.3 Å². The predicted molar refractivity (Wildman–Crippen MR) is 88.3 cm³/mol. The van der Waals surface area contributed by atoms with Gasteiger partial charge in [-0.05, 0) is 24.3 Å². The van der Waals surface area contributed by atoms with Gasteiger partial charge < -0.3 is 10.4 Å². The molecule has 1 fully saturated rings. The molecule has 1 saturated heterocycles. The van der Waals surface area contributed by atoms with Crippen LogP contribution in [0.4, 0.5) is 0 Å². The highest BCUT2D eigenvalue weighted by atomic mass is 35.5. The van der Waals surface area contributed by atoms with Gasteiger partial charge in [0.25, 0.3) is 5.91 Å². The molecule has 1 atom stereocenters. The van der Waals surface area contributed by atoms with Crippen LogP contribution in [0.5, 0.6) is 0 Å². The fourth-order valence-electron chi connectivity index (χ4n) is 2.40. The number of nitrogens with one attached hydrogen (secondary N) is 2. The molecule has 7 heteroatoms. The maximum absolute atomic E-state index is 12.4. The van der Waals surface area contributed by atoms with Crippen LogP contribution in [0.1, 0.15) is 16.8 Å². The second kappa shape index (κ2) is 6.32. The minimum absolute atomic E-state index is 0.249. The first-order chi connectivity index (χ1) is 10.6. The second-order valence-corrected chi connectivity index (χ2v) is 6.92. The third-order valence-corrected chi connectivity index (χ3v) is 5.13. The lowest BCUT2D eigenvalue weighted by molar-refractivity contribution is 0.0613. The summed E-state index contributed by atoms with van der Waals surface area (Å²) in [5.74, 6) is 1.32. The van der Waals surface area contributed by atoms with E-state index in [9.17, 15) is 9.90 Å². The molecule has 2 heterocycles. The van der Waals surface area contributed by atoms with Crippen molar-refractivity contribution >= 4 is 29.3 Å². The number of benzene rings is 1. The lowest BCUT2D eigenvalue weighted by atomic mass is 10.0. The van der Waals surface area contributed by atoms with Crippen LogP contribution in [0.25, 0.3) is 11.3 Å². The largest absolute Gasteiger partial charge is 0.387 e. The molecule has 0 radical (unpaired) electrons. The first-order valence-corrected chi connectivity index (χ1v) is 8.48. The van der Waals surface area contributed by atoms with E-state index in [4.69, 9.17) is 11.6 Å². The van der Waals surface area contributed by atoms with Gasteiger partial charge in [-0.15, -0.1) is 0 Å². The van der Waals surface area contributed by atoms with Crippen molar-refractivity contribution in [3.8, 4) is 11.3 Å². The van der Waals surface area contributed by atoms with E-state index in [1.54, 1.807) is 23.9 Å². The summed E-state index contributed by atoms with van der Waals surface area (Å²) < 4.78 is 0. The summed E-state index contributed by atoms with van der Waals surface area (Å²) in [6, 6.07) is 7.22. The normalized spacial score (nSPS) is 21.0. The third-order valence-electron chi connectivity index (χ3n) is 3.66. The van der Waals surface area contributed by atoms with Gasteiger partial charge in [0.05, 0.1) is 23.1 Å². The molecule has 1 amide bonds. The summed E-state index contributed by atoms with van der Waals surface area (Å²) in [6.07, 6.45) is 2.18. The number of halogens is 1. The Labute approximate surface area is 137 Å². The Balaban J connectivity index is 1.75. The lowest BCUT2D eigenvalue weighted by Gasteiger charge is -2.21. The number of nitrogens with zero attached hydrogens (tertiary/aromatic N) is 1. The van der Waals surface area contributed by atoms with Crippen molar-refractivity contribution in [1.82, 2.24) is 15.5 Å². The lowest BCUT2D eigenvalue weighted by Crippen LogP contribution is -2.43. The van der Waals surface area contributed by atoms with Gasteiger partial charge in [0.2, 0.25) is 0 Å². The van der Waals surface area contributed by atoms with Crippen LogP contribution in [-0.2, 0) is 0 Å². The molecular formula is C15H16ClN3O2S. The molecular weight excluding hydrogens is 322 g/mol. The first kappa shape index (κ1) is 15.4. The number of aromatic nitrogens is 2. The Morgan fingerprint density at radius 2 is 2.41 bits per heavy atom. The minimum atomic E-state index is -0.805. The Bertz CT molecular complexity index is 683. The molecule has 2 aromatic rings. The van der Waals surface area contributed by atoms with Crippen LogP contribution >= 0.6 is 23.4 Å². The van der Waals surface area contributed by atoms with E-state index in [0.29, 0.717) is 28.5 Å². The molecule has 116 valence electrons. The molecule has 0 aliphatic carbocycles. The topological polar surface area (TPSA) is 78.0 Å². The standard InChI is InChI=1S/C15H16ClN3O2S/c16-11-3-1-2-10(6-11)13-12(7-18-19-13)14(20)17-8-15(21)4-5-22-9-15/h1-3,6-7,21H,4-5,8-9H2,(H,17,20)(H,18,19)/t15-/m1/s1. The quantitative estimate of drug-likeness (QED) is 0.800. The Hall–Kier alpha value is -1.50. The van der Waals surface area contributed by atoms with E-state index < -0.39 is 5.60 Å². The number of hydrogen-bond acceptors (Lipinski definition) is 4. The van der Waals surface area contributed by atoms with Crippen molar-refractivity contribution in [2.45, 2.75) is 12.0 Å². The van der Waals surface area contributed by atoms with E-state index in [1.165, 1.54) is 6.20 Å². The summed E-state index contributed by atoms with van der Waals surface area (Å²) in [7, 11) is 0. The summed E-state index contributed by atoms with van der Waals surface area (Å²) in [6.45, 7) is 0.249. The monoisotopic (exact) mass is 337 g/mol. The number of carbonyl (C=O) groups excluding carboxylic acids is 1. The van der Waals surface area contributed by atoms with Crippen LogP contribution in [0.3, 0.4) is 0 Å². The fraction of sp³-hybridized carbons (Fsp3) is 0.333. The van der Waals surface area contributed by atoms with Crippen molar-refractivity contribution in [2.75, 3.05) is 18.1 Å². The molecule has 0 bridgehead atoms. The molecule has 1 aliphatic rings. The van der Waals surface area contributed by atoms with E-state index >= 15 is 0 Å². The Kier molecular flexibility index (Phi) is 4.42. The van der Waals surface area contributed by atoms with Crippen molar-refractivity contribution in [1.29, 1.82) is 0 Å². The van der Waals surface area contributed by atoms with Crippen molar-refractivity contribution in [3.05, 3.63) is 41.0 Å². The van der Waals surface area contributed by atoms with E-state index in [-0.39, 0.29) is 12.5 Å². The van der Waals surface area contributed by atoms with Gasteiger partial charge in [0.15, 0.2) is 0 Å². The SMILES string of the molecule is O=C(NC[C@]1(O)CCSC1)c1cn[nH]c1-c1cccc(Cl)c1. The molecule has 0 unspecified atom stereocenters. The molecule has 1 aromatic carbocycles. The third kappa shape index (κ3) is 3.29. The van der Waals surface area contributed by atoms with Crippen LogP contribution in [0.2, 0.25) is 5.02 Å². The minimum Gasteiger partial charge on any atom is -0.387 e. The summed E-state index contributed by atoms with van der Waals surface area (Å²) in [4.78, 5) is 12.4. The Morgan fingerprint density at radius 3 is 3.14 bits per heavy atom. The number of rotatable bonds is 4. The average Bonchev–Trinajstić information content (AvgIpc) is 3.14. The molecule has 3 N–H and O–H groups in total. The zero-order valence-corrected chi connectivity index (χ0v) is 13.4. The van der Waals surface area contributed by atoms with Crippen molar-refractivity contribution in [3.63, 3.8) is 0 Å². The van der Waals surface area contributed by atoms with Crippen LogP contribution in [0, 0.1) is 0 Å². The van der Waals surface area contributed by atoms with Crippen molar-refractivity contribution < 1.29 is 9.90 Å². The van der Waals surface area contributed by atoms with Gasteiger partial charge in [-0.1, -0.05) is 23.7 Å². The number of aliphatic hydroxyl groups is 1. The molecule has 3 rings (SSSR count). The summed E-state index contributed by atoms with van der Waals surface area (Å²) >= 11 is 7.69. The molecule has 1 aromatic heterocycles. The second-order valence-electron chi connectivity index (χ2n) is 5.38. The van der Waals surface area contributed by atoms with Crippen LogP contribution in [0.15, 0.2) is 30.5 Å². The maximum atomic E-state index is 12.4. The summed E-state index contributed by atoms with van der Waals surface area (Å²) in [5, 5.41) is 20.5. The Morgan fingerprint density at radius 1 is 1.55 bits per heavy atom. The number of aromatic amines is 1. The van der Waals surface area contributed by atoms with Gasteiger partial charge in [0.1, 0.15) is 0 Å². The van der Waals surface area contributed by atoms with Gasteiger partial charge in [0, 0.05) is 22.9 Å². The molecule has 5 nitrogen and oxygen atoms in total. The summed E-state index contributed by atoms with van der Waals surface area (Å²) in [5.41, 5.74) is 1.05. The predicted octanol–water partition coefficient (Wildman–Crippen LogP) is 2.33. The van der Waals surface area contributed by atoms with Gasteiger partial charge in [-0.25, -0.2) is 0 Å². The van der Waals surface area contributed by atoms with Gasteiger partial charge >= 0.3 is 0 Å². The molecule has 0 saturated carbocycles. The van der Waals surface area contributed by atoms with Crippen LogP contribution in [-0.4, -0.2) is 44.9 Å². The molecule has 22 heavy (non-hydrogen) atoms. The van der Waals surface area contributed by atoms with Gasteiger partial charge in [-0.3, -0.25) is 9.89 Å². The highest BCUT2D eigenvalue weighted by Gasteiger charge is 2.32. The number of H-pyrrole nitrogens is 1. The zero-order chi connectivity index (χ0) is 15.6. The zero-order valence-electron chi connectivity index (χ0n) is 11.8. The number of amides is 1. The molecule has 1 aliphatic heterocycles. The van der Waals surface area contributed by atoms with Crippen molar-refractivity contribution in [2.24, 2.45) is 0 Å².